The van der Waals surface area contributed by atoms with Crippen molar-refractivity contribution in [3.05, 3.63) is 80.6 Å². The van der Waals surface area contributed by atoms with E-state index < -0.39 is 0 Å². The summed E-state index contributed by atoms with van der Waals surface area (Å²) in [5, 5.41) is 1.58. The van der Waals surface area contributed by atoms with Crippen LogP contribution in [0.15, 0.2) is 53.3 Å². The molecule has 0 atom stereocenters. The molecule has 116 valence electrons. The minimum Gasteiger partial charge on any atom is -0.340 e. The lowest BCUT2D eigenvalue weighted by Gasteiger charge is -2.23. The van der Waals surface area contributed by atoms with Crippen molar-refractivity contribution in [2.24, 2.45) is 0 Å². The van der Waals surface area contributed by atoms with E-state index >= 15 is 0 Å². The Hall–Kier alpha value is -2.06. The highest BCUT2D eigenvalue weighted by Crippen LogP contribution is 2.25. The van der Waals surface area contributed by atoms with Gasteiger partial charge in [-0.15, -0.1) is 0 Å². The molecule has 0 unspecified atom stereocenters. The Kier molecular flexibility index (Phi) is 3.70. The molecule has 1 aliphatic rings. The zero-order chi connectivity index (χ0) is 15.8. The van der Waals surface area contributed by atoms with Gasteiger partial charge in [-0.05, 0) is 55.5 Å². The van der Waals surface area contributed by atoms with Gasteiger partial charge in [0.15, 0.2) is 5.43 Å². The molecule has 2 nitrogen and oxygen atoms in total. The molecule has 0 N–H and O–H groups in total. The van der Waals surface area contributed by atoms with Crippen LogP contribution in [-0.2, 0) is 19.4 Å². The van der Waals surface area contributed by atoms with Gasteiger partial charge in [-0.1, -0.05) is 35.9 Å². The van der Waals surface area contributed by atoms with Gasteiger partial charge in [0.1, 0.15) is 0 Å². The number of halogens is 1. The molecule has 0 aliphatic heterocycles. The average molecular weight is 324 g/mol. The van der Waals surface area contributed by atoms with Crippen molar-refractivity contribution in [3.8, 4) is 0 Å². The fourth-order valence-electron chi connectivity index (χ4n) is 3.64. The van der Waals surface area contributed by atoms with Crippen molar-refractivity contribution in [3.63, 3.8) is 0 Å². The maximum Gasteiger partial charge on any atom is 0.192 e. The first-order valence-corrected chi connectivity index (χ1v) is 8.49. The van der Waals surface area contributed by atoms with Crippen molar-refractivity contribution in [2.75, 3.05) is 0 Å². The van der Waals surface area contributed by atoms with Gasteiger partial charge in [0.25, 0.3) is 0 Å². The van der Waals surface area contributed by atoms with Crippen molar-refractivity contribution in [1.82, 2.24) is 4.57 Å². The molecule has 1 heterocycles. The quantitative estimate of drug-likeness (QED) is 0.676. The van der Waals surface area contributed by atoms with Crippen LogP contribution in [0.4, 0.5) is 0 Å². The molecule has 0 saturated carbocycles. The van der Waals surface area contributed by atoms with Crippen molar-refractivity contribution < 1.29 is 0 Å². The van der Waals surface area contributed by atoms with Crippen molar-refractivity contribution in [2.45, 2.75) is 32.2 Å². The number of rotatable bonds is 2. The molecule has 4 rings (SSSR count). The Morgan fingerprint density at radius 3 is 2.70 bits per heavy atom. The summed E-state index contributed by atoms with van der Waals surface area (Å²) >= 11 is 6.14. The largest absolute Gasteiger partial charge is 0.340 e. The minimum atomic E-state index is 0.220. The maximum atomic E-state index is 12.8. The number of benzene rings is 2. The van der Waals surface area contributed by atoms with E-state index in [1.54, 1.807) is 0 Å². The third-order valence-corrected chi connectivity index (χ3v) is 4.94. The SMILES string of the molecule is O=c1c2c(n(Cc3cccc(Cl)c3)c3ccccc13)CCCC2. The van der Waals surface area contributed by atoms with Gasteiger partial charge < -0.3 is 4.57 Å². The Morgan fingerprint density at radius 2 is 1.83 bits per heavy atom. The van der Waals surface area contributed by atoms with E-state index in [0.29, 0.717) is 0 Å². The van der Waals surface area contributed by atoms with Crippen LogP contribution < -0.4 is 5.43 Å². The fourth-order valence-corrected chi connectivity index (χ4v) is 3.85. The predicted molar refractivity (Wildman–Crippen MR) is 95.4 cm³/mol. The summed E-state index contributed by atoms with van der Waals surface area (Å²) in [7, 11) is 0. The smallest absolute Gasteiger partial charge is 0.192 e. The summed E-state index contributed by atoms with van der Waals surface area (Å²) in [6, 6.07) is 15.9. The Labute approximate surface area is 140 Å². The van der Waals surface area contributed by atoms with E-state index in [1.165, 1.54) is 11.3 Å². The zero-order valence-electron chi connectivity index (χ0n) is 12.9. The van der Waals surface area contributed by atoms with Crippen molar-refractivity contribution >= 4 is 22.5 Å². The molecular weight excluding hydrogens is 306 g/mol. The number of fused-ring (bicyclic) bond motifs is 2. The predicted octanol–water partition coefficient (Wildman–Crippen LogP) is 4.58. The first-order valence-electron chi connectivity index (χ1n) is 8.12. The van der Waals surface area contributed by atoms with Crippen LogP contribution >= 0.6 is 11.6 Å². The topological polar surface area (TPSA) is 22.0 Å². The van der Waals surface area contributed by atoms with Crippen molar-refractivity contribution in [1.29, 1.82) is 0 Å². The normalized spacial score (nSPS) is 14.0. The second kappa shape index (κ2) is 5.86. The van der Waals surface area contributed by atoms with E-state index in [9.17, 15) is 4.79 Å². The van der Waals surface area contributed by atoms with Crippen LogP contribution in [0.5, 0.6) is 0 Å². The third-order valence-electron chi connectivity index (χ3n) is 4.71. The average Bonchev–Trinajstić information content (AvgIpc) is 2.59. The first-order chi connectivity index (χ1) is 11.2. The van der Waals surface area contributed by atoms with Gasteiger partial charge in [0.05, 0.1) is 5.52 Å². The van der Waals surface area contributed by atoms with E-state index in [-0.39, 0.29) is 5.43 Å². The molecule has 0 spiro atoms. The molecule has 3 heteroatoms. The number of para-hydroxylation sites is 1. The number of hydrogen-bond acceptors (Lipinski definition) is 1. The summed E-state index contributed by atoms with van der Waals surface area (Å²) < 4.78 is 2.32. The standard InChI is InChI=1S/C20H18ClNO/c21-15-7-5-6-14(12-15)13-22-18-10-3-1-8-16(18)20(23)17-9-2-4-11-19(17)22/h1,3,5-8,10,12H,2,4,9,11,13H2. The first kappa shape index (κ1) is 14.5. The molecule has 1 aromatic heterocycles. The lowest BCUT2D eigenvalue weighted by Crippen LogP contribution is -2.24. The van der Waals surface area contributed by atoms with Gasteiger partial charge in [0.2, 0.25) is 0 Å². The van der Waals surface area contributed by atoms with Crippen LogP contribution in [0.25, 0.3) is 10.9 Å². The van der Waals surface area contributed by atoms with Crippen LogP contribution in [0.2, 0.25) is 5.02 Å². The van der Waals surface area contributed by atoms with Gasteiger partial charge in [0, 0.05) is 28.2 Å². The van der Waals surface area contributed by atoms with E-state index in [0.717, 1.165) is 53.7 Å². The van der Waals surface area contributed by atoms with E-state index in [4.69, 9.17) is 11.6 Å². The Balaban J connectivity index is 1.97. The summed E-state index contributed by atoms with van der Waals surface area (Å²) in [4.78, 5) is 12.8. The third kappa shape index (κ3) is 2.57. The molecule has 0 saturated heterocycles. The number of nitrogens with zero attached hydrogens (tertiary/aromatic N) is 1. The summed E-state index contributed by atoms with van der Waals surface area (Å²) in [5.41, 5.74) is 4.63. The van der Waals surface area contributed by atoms with Gasteiger partial charge in [-0.3, -0.25) is 4.79 Å². The lowest BCUT2D eigenvalue weighted by molar-refractivity contribution is 0.621. The fraction of sp³-hybridized carbons (Fsp3) is 0.250. The maximum absolute atomic E-state index is 12.8. The molecule has 1 aliphatic carbocycles. The van der Waals surface area contributed by atoms with Gasteiger partial charge in [-0.2, -0.15) is 0 Å². The second-order valence-corrected chi connectivity index (χ2v) is 6.63. The monoisotopic (exact) mass is 323 g/mol. The molecule has 3 aromatic rings. The van der Waals surface area contributed by atoms with Crippen LogP contribution in [0.1, 0.15) is 29.7 Å². The highest BCUT2D eigenvalue weighted by atomic mass is 35.5. The van der Waals surface area contributed by atoms with Crippen LogP contribution in [0, 0.1) is 0 Å². The number of aromatic nitrogens is 1. The van der Waals surface area contributed by atoms with Gasteiger partial charge in [-0.25, -0.2) is 0 Å². The number of hydrogen-bond donors (Lipinski definition) is 0. The van der Waals surface area contributed by atoms with Gasteiger partial charge >= 0.3 is 0 Å². The molecule has 2 aromatic carbocycles. The van der Waals surface area contributed by atoms with E-state index in [2.05, 4.69) is 16.7 Å². The summed E-state index contributed by atoms with van der Waals surface area (Å²) in [6.07, 6.45) is 4.14. The van der Waals surface area contributed by atoms with Crippen LogP contribution in [0.3, 0.4) is 0 Å². The van der Waals surface area contributed by atoms with E-state index in [1.807, 2.05) is 36.4 Å². The summed E-state index contributed by atoms with van der Waals surface area (Å²) in [6.45, 7) is 0.754. The van der Waals surface area contributed by atoms with Crippen LogP contribution in [-0.4, -0.2) is 4.57 Å². The molecule has 23 heavy (non-hydrogen) atoms. The number of pyridine rings is 1. The highest BCUT2D eigenvalue weighted by molar-refractivity contribution is 6.30. The second-order valence-electron chi connectivity index (χ2n) is 6.19. The molecular formula is C20H18ClNO. The molecule has 0 radical (unpaired) electrons. The lowest BCUT2D eigenvalue weighted by atomic mass is 9.93. The molecule has 0 bridgehead atoms. The summed E-state index contributed by atoms with van der Waals surface area (Å²) in [5.74, 6) is 0. The Morgan fingerprint density at radius 1 is 1.00 bits per heavy atom. The minimum absolute atomic E-state index is 0.220. The molecule has 0 fully saturated rings. The molecule has 0 amide bonds. The Bertz CT molecular complexity index is 942. The zero-order valence-corrected chi connectivity index (χ0v) is 13.6. The highest BCUT2D eigenvalue weighted by Gasteiger charge is 2.19.